The van der Waals surface area contributed by atoms with E-state index < -0.39 is 0 Å². The Morgan fingerprint density at radius 1 is 1.41 bits per heavy atom. The van der Waals surface area contributed by atoms with Crippen molar-refractivity contribution in [3.05, 3.63) is 37.5 Å². The molecule has 0 atom stereocenters. The topological polar surface area (TPSA) is 80.2 Å². The molecule has 0 unspecified atom stereocenters. The number of aromatic amines is 1. The lowest BCUT2D eigenvalue weighted by molar-refractivity contribution is -0.127. The van der Waals surface area contributed by atoms with Gasteiger partial charge in [-0.15, -0.1) is 0 Å². The quantitative estimate of drug-likeness (QED) is 0.347. The summed E-state index contributed by atoms with van der Waals surface area (Å²) < 4.78 is 7.98. The number of fused-ring (bicyclic) bond motifs is 1. The van der Waals surface area contributed by atoms with Gasteiger partial charge in [0.2, 0.25) is 5.91 Å². The van der Waals surface area contributed by atoms with Crippen LogP contribution in [0, 0.1) is 3.95 Å². The summed E-state index contributed by atoms with van der Waals surface area (Å²) in [5.41, 5.74) is 0.737. The number of H-pyrrole nitrogens is 1. The number of nitrogens with zero attached hydrogens (tertiary/aromatic N) is 3. The van der Waals surface area contributed by atoms with Gasteiger partial charge in [0.25, 0.3) is 5.56 Å². The average molecular weight is 469 g/mol. The van der Waals surface area contributed by atoms with Gasteiger partial charge in [-0.3, -0.25) is 14.2 Å². The first-order valence-corrected chi connectivity index (χ1v) is 11.5. The number of likely N-dealkylation sites (tertiary alicyclic amines) is 1. The molecule has 2 aromatic heterocycles. The number of halogens is 1. The fourth-order valence-electron chi connectivity index (χ4n) is 3.20. The van der Waals surface area contributed by atoms with Crippen molar-refractivity contribution >= 4 is 63.2 Å². The Labute approximate surface area is 184 Å². The second-order valence-electron chi connectivity index (χ2n) is 6.42. The van der Waals surface area contributed by atoms with Crippen molar-refractivity contribution < 1.29 is 9.53 Å². The predicted octanol–water partition coefficient (Wildman–Crippen LogP) is 3.88. The first-order valence-electron chi connectivity index (χ1n) is 8.88. The number of carbonyl (C=O) groups is 1. The SMILES string of the molecule is COc1ccc(Cl)cc1-n1c(=S)sc2c(=O)[nH]c(SCC(=O)N3CCCC3)nc21. The Bertz CT molecular complexity index is 1200. The average Bonchev–Trinajstić information content (AvgIpc) is 3.34. The first-order chi connectivity index (χ1) is 14.0. The number of amides is 1. The molecule has 11 heteroatoms. The summed E-state index contributed by atoms with van der Waals surface area (Å²) in [5, 5.41) is 0.885. The van der Waals surface area contributed by atoms with Crippen LogP contribution in [0.15, 0.2) is 28.2 Å². The zero-order valence-electron chi connectivity index (χ0n) is 15.4. The van der Waals surface area contributed by atoms with Crippen molar-refractivity contribution in [3.63, 3.8) is 0 Å². The zero-order valence-corrected chi connectivity index (χ0v) is 18.6. The number of hydrogen-bond acceptors (Lipinski definition) is 7. The van der Waals surface area contributed by atoms with Crippen molar-refractivity contribution in [1.29, 1.82) is 0 Å². The van der Waals surface area contributed by atoms with Crippen molar-refractivity contribution in [2.45, 2.75) is 18.0 Å². The molecule has 0 saturated carbocycles. The van der Waals surface area contributed by atoms with Gasteiger partial charge in [0, 0.05) is 18.1 Å². The molecule has 0 radical (unpaired) electrons. The molecule has 1 aliphatic heterocycles. The molecule has 1 fully saturated rings. The molecule has 1 N–H and O–H groups in total. The number of hydrogen-bond donors (Lipinski definition) is 1. The number of ether oxygens (including phenoxy) is 1. The van der Waals surface area contributed by atoms with Crippen molar-refractivity contribution in [1.82, 2.24) is 19.4 Å². The highest BCUT2D eigenvalue weighted by Gasteiger charge is 2.20. The van der Waals surface area contributed by atoms with Crippen LogP contribution in [0.5, 0.6) is 5.75 Å². The number of nitrogens with one attached hydrogen (secondary N) is 1. The van der Waals surface area contributed by atoms with Crippen molar-refractivity contribution in [2.75, 3.05) is 26.0 Å². The van der Waals surface area contributed by atoms with Crippen LogP contribution in [-0.2, 0) is 4.79 Å². The van der Waals surface area contributed by atoms with Crippen LogP contribution < -0.4 is 10.3 Å². The second kappa shape index (κ2) is 8.47. The van der Waals surface area contributed by atoms with E-state index in [0.717, 1.165) is 25.9 Å². The third kappa shape index (κ3) is 4.07. The third-order valence-electron chi connectivity index (χ3n) is 4.59. The first kappa shape index (κ1) is 20.4. The van der Waals surface area contributed by atoms with Crippen LogP contribution in [0.25, 0.3) is 16.0 Å². The zero-order chi connectivity index (χ0) is 20.5. The van der Waals surface area contributed by atoms with Gasteiger partial charge >= 0.3 is 0 Å². The number of aromatic nitrogens is 3. The maximum Gasteiger partial charge on any atom is 0.271 e. The number of thiazole rings is 1. The van der Waals surface area contributed by atoms with Gasteiger partial charge in [0.15, 0.2) is 14.8 Å². The summed E-state index contributed by atoms with van der Waals surface area (Å²) in [6.07, 6.45) is 2.07. The van der Waals surface area contributed by atoms with Gasteiger partial charge in [-0.05, 0) is 43.3 Å². The molecule has 3 heterocycles. The number of rotatable bonds is 5. The minimum absolute atomic E-state index is 0.0499. The summed E-state index contributed by atoms with van der Waals surface area (Å²) in [6.45, 7) is 1.58. The van der Waals surface area contributed by atoms with Crippen molar-refractivity contribution in [2.24, 2.45) is 0 Å². The highest BCUT2D eigenvalue weighted by atomic mass is 35.5. The molecule has 0 aliphatic carbocycles. The smallest absolute Gasteiger partial charge is 0.271 e. The Morgan fingerprint density at radius 3 is 2.90 bits per heavy atom. The third-order valence-corrected chi connectivity index (χ3v) is 7.05. The van der Waals surface area contributed by atoms with E-state index in [9.17, 15) is 9.59 Å². The van der Waals surface area contributed by atoms with Crippen LogP contribution in [-0.4, -0.2) is 51.3 Å². The van der Waals surface area contributed by atoms with E-state index in [4.69, 9.17) is 28.6 Å². The summed E-state index contributed by atoms with van der Waals surface area (Å²) in [6, 6.07) is 5.17. The maximum atomic E-state index is 12.6. The fraction of sp³-hybridized carbons (Fsp3) is 0.333. The van der Waals surface area contributed by atoms with Gasteiger partial charge in [0.05, 0.1) is 18.6 Å². The second-order valence-corrected chi connectivity index (χ2v) is 9.46. The molecule has 1 amide bonds. The lowest BCUT2D eigenvalue weighted by Gasteiger charge is -2.14. The van der Waals surface area contributed by atoms with Gasteiger partial charge in [-0.25, -0.2) is 4.98 Å². The lowest BCUT2D eigenvalue weighted by Crippen LogP contribution is -2.29. The van der Waals surface area contributed by atoms with E-state index in [-0.39, 0.29) is 17.2 Å². The molecule has 4 rings (SSSR count). The van der Waals surface area contributed by atoms with Gasteiger partial charge in [0.1, 0.15) is 10.4 Å². The van der Waals surface area contributed by atoms with E-state index in [1.165, 1.54) is 23.1 Å². The molecule has 152 valence electrons. The van der Waals surface area contributed by atoms with Gasteiger partial charge in [-0.1, -0.05) is 34.7 Å². The van der Waals surface area contributed by atoms with Crippen LogP contribution in [0.2, 0.25) is 5.02 Å². The molecule has 3 aromatic rings. The van der Waals surface area contributed by atoms with E-state index in [2.05, 4.69) is 9.97 Å². The summed E-state index contributed by atoms with van der Waals surface area (Å²) in [4.78, 5) is 34.1. The van der Waals surface area contributed by atoms with Crippen LogP contribution >= 0.6 is 46.9 Å². The molecular formula is C18H17ClN4O3S3. The minimum Gasteiger partial charge on any atom is -0.495 e. The molecule has 0 spiro atoms. The standard InChI is InChI=1S/C18H17ClN4O3S3/c1-26-12-5-4-10(19)8-11(12)23-15-14(29-18(23)27)16(25)21-17(20-15)28-9-13(24)22-6-2-3-7-22/h4-5,8H,2-3,6-7,9H2,1H3,(H,20,21,25). The van der Waals surface area contributed by atoms with E-state index in [0.29, 0.717) is 35.9 Å². The van der Waals surface area contributed by atoms with Gasteiger partial charge < -0.3 is 14.6 Å². The van der Waals surface area contributed by atoms with Crippen LogP contribution in [0.4, 0.5) is 0 Å². The minimum atomic E-state index is -0.290. The molecule has 1 saturated heterocycles. The fourth-order valence-corrected chi connectivity index (χ4v) is 5.38. The van der Waals surface area contributed by atoms with E-state index in [1.54, 1.807) is 29.9 Å². The Balaban J connectivity index is 1.74. The van der Waals surface area contributed by atoms with Gasteiger partial charge in [-0.2, -0.15) is 0 Å². The molecule has 29 heavy (non-hydrogen) atoms. The maximum absolute atomic E-state index is 12.6. The Morgan fingerprint density at radius 2 is 2.17 bits per heavy atom. The summed E-state index contributed by atoms with van der Waals surface area (Å²) >= 11 is 14.0. The monoisotopic (exact) mass is 468 g/mol. The van der Waals surface area contributed by atoms with Crippen LogP contribution in [0.1, 0.15) is 12.8 Å². The summed E-state index contributed by atoms with van der Waals surface area (Å²) in [5.74, 6) is 0.833. The molecule has 0 bridgehead atoms. The predicted molar refractivity (Wildman–Crippen MR) is 119 cm³/mol. The molecule has 1 aromatic carbocycles. The highest BCUT2D eigenvalue weighted by molar-refractivity contribution is 7.99. The number of methoxy groups -OCH3 is 1. The number of thioether (sulfide) groups is 1. The molecular weight excluding hydrogens is 452 g/mol. The van der Waals surface area contributed by atoms with Crippen molar-refractivity contribution in [3.8, 4) is 11.4 Å². The molecule has 7 nitrogen and oxygen atoms in total. The van der Waals surface area contributed by atoms with E-state index >= 15 is 0 Å². The molecule has 1 aliphatic rings. The largest absolute Gasteiger partial charge is 0.495 e. The summed E-state index contributed by atoms with van der Waals surface area (Å²) in [7, 11) is 1.55. The number of carbonyl (C=O) groups excluding carboxylic acids is 1. The Kier molecular flexibility index (Phi) is 5.95. The number of benzene rings is 1. The lowest BCUT2D eigenvalue weighted by atomic mass is 10.3. The van der Waals surface area contributed by atoms with E-state index in [1.807, 2.05) is 4.90 Å². The van der Waals surface area contributed by atoms with Crippen LogP contribution in [0.3, 0.4) is 0 Å². The normalized spacial score (nSPS) is 13.9. The highest BCUT2D eigenvalue weighted by Crippen LogP contribution is 2.32. The Hall–Kier alpha value is -1.88.